The predicted molar refractivity (Wildman–Crippen MR) is 93.6 cm³/mol. The number of nitrogens with one attached hydrogen (secondary N) is 1. The third-order valence-electron chi connectivity index (χ3n) is 3.22. The van der Waals surface area contributed by atoms with Crippen LogP contribution in [0.1, 0.15) is 31.1 Å². The number of nitrogens with zero attached hydrogens (tertiary/aromatic N) is 2. The molecule has 0 aliphatic heterocycles. The molecule has 0 bridgehead atoms. The standard InChI is InChI=1S/C17H22BrN3O2/c1-12(2)23-16-9-14(18)5-6-15(16)17(22)19-10-13(3)11-21-8-4-7-20-21/h4-9,12-13H,10-11H2,1-3H3,(H,19,22)/t13-/m0/s1. The van der Waals surface area contributed by atoms with E-state index < -0.39 is 0 Å². The zero-order chi connectivity index (χ0) is 16.8. The second-order valence-corrected chi connectivity index (χ2v) is 6.77. The van der Waals surface area contributed by atoms with Crippen LogP contribution in [0, 0.1) is 5.92 Å². The summed E-state index contributed by atoms with van der Waals surface area (Å²) in [4.78, 5) is 12.4. The molecular formula is C17H22BrN3O2. The molecule has 0 saturated heterocycles. The molecule has 1 aromatic heterocycles. The molecule has 2 rings (SSSR count). The van der Waals surface area contributed by atoms with Crippen molar-refractivity contribution in [2.24, 2.45) is 5.92 Å². The SMILES string of the molecule is CC(C)Oc1cc(Br)ccc1C(=O)NC[C@H](C)Cn1cccn1. The van der Waals surface area contributed by atoms with Crippen LogP contribution in [-0.4, -0.2) is 28.3 Å². The third kappa shape index (κ3) is 5.39. The Balaban J connectivity index is 1.97. The van der Waals surface area contributed by atoms with E-state index in [0.29, 0.717) is 17.9 Å². The van der Waals surface area contributed by atoms with E-state index in [4.69, 9.17) is 4.74 Å². The summed E-state index contributed by atoms with van der Waals surface area (Å²) in [6.45, 7) is 7.30. The Kier molecular flexibility index (Phi) is 6.21. The third-order valence-corrected chi connectivity index (χ3v) is 3.71. The second kappa shape index (κ2) is 8.15. The van der Waals surface area contributed by atoms with Gasteiger partial charge in [-0.2, -0.15) is 5.10 Å². The fourth-order valence-electron chi connectivity index (χ4n) is 2.19. The summed E-state index contributed by atoms with van der Waals surface area (Å²) in [6.07, 6.45) is 3.68. The van der Waals surface area contributed by atoms with Crippen LogP contribution in [0.4, 0.5) is 0 Å². The van der Waals surface area contributed by atoms with Gasteiger partial charge in [-0.1, -0.05) is 22.9 Å². The summed E-state index contributed by atoms with van der Waals surface area (Å²) >= 11 is 3.41. The Morgan fingerprint density at radius 1 is 1.39 bits per heavy atom. The van der Waals surface area contributed by atoms with Gasteiger partial charge in [-0.25, -0.2) is 0 Å². The Morgan fingerprint density at radius 3 is 2.83 bits per heavy atom. The second-order valence-electron chi connectivity index (χ2n) is 5.85. The lowest BCUT2D eigenvalue weighted by atomic mass is 10.1. The van der Waals surface area contributed by atoms with Gasteiger partial charge in [0.05, 0.1) is 11.7 Å². The first-order valence-electron chi connectivity index (χ1n) is 7.67. The number of ether oxygens (including phenoxy) is 1. The van der Waals surface area contributed by atoms with Crippen LogP contribution in [0.2, 0.25) is 0 Å². The summed E-state index contributed by atoms with van der Waals surface area (Å²) in [5.41, 5.74) is 0.549. The number of hydrogen-bond acceptors (Lipinski definition) is 3. The Morgan fingerprint density at radius 2 is 2.17 bits per heavy atom. The van der Waals surface area contributed by atoms with Gasteiger partial charge >= 0.3 is 0 Å². The van der Waals surface area contributed by atoms with E-state index in [1.54, 1.807) is 12.3 Å². The minimum Gasteiger partial charge on any atom is -0.490 e. The molecule has 0 aliphatic carbocycles. The smallest absolute Gasteiger partial charge is 0.255 e. The molecule has 0 saturated carbocycles. The van der Waals surface area contributed by atoms with E-state index in [1.807, 2.05) is 42.9 Å². The van der Waals surface area contributed by atoms with Gasteiger partial charge in [0.2, 0.25) is 0 Å². The van der Waals surface area contributed by atoms with Gasteiger partial charge in [0.1, 0.15) is 5.75 Å². The van der Waals surface area contributed by atoms with Crippen molar-refractivity contribution in [3.8, 4) is 5.75 Å². The van der Waals surface area contributed by atoms with Gasteiger partial charge in [0, 0.05) is 30.0 Å². The van der Waals surface area contributed by atoms with Crippen molar-refractivity contribution in [3.63, 3.8) is 0 Å². The lowest BCUT2D eigenvalue weighted by Gasteiger charge is -2.16. The van der Waals surface area contributed by atoms with Gasteiger partial charge in [0.25, 0.3) is 5.91 Å². The minimum absolute atomic E-state index is 0.00888. The highest BCUT2D eigenvalue weighted by Gasteiger charge is 2.15. The Hall–Kier alpha value is -1.82. The molecule has 1 N–H and O–H groups in total. The fourth-order valence-corrected chi connectivity index (χ4v) is 2.53. The number of hydrogen-bond donors (Lipinski definition) is 1. The number of amides is 1. The molecule has 0 spiro atoms. The van der Waals surface area contributed by atoms with Crippen molar-refractivity contribution in [1.82, 2.24) is 15.1 Å². The van der Waals surface area contributed by atoms with Crippen LogP contribution >= 0.6 is 15.9 Å². The molecule has 1 heterocycles. The molecular weight excluding hydrogens is 358 g/mol. The average molecular weight is 380 g/mol. The summed E-state index contributed by atoms with van der Waals surface area (Å²) in [5.74, 6) is 0.746. The van der Waals surface area contributed by atoms with Gasteiger partial charge in [0.15, 0.2) is 0 Å². The lowest BCUT2D eigenvalue weighted by Crippen LogP contribution is -2.30. The van der Waals surface area contributed by atoms with Gasteiger partial charge in [-0.05, 0) is 44.0 Å². The molecule has 1 aromatic carbocycles. The van der Waals surface area contributed by atoms with E-state index in [-0.39, 0.29) is 17.9 Å². The molecule has 0 unspecified atom stereocenters. The minimum atomic E-state index is -0.125. The highest BCUT2D eigenvalue weighted by Crippen LogP contribution is 2.24. The van der Waals surface area contributed by atoms with Gasteiger partial charge in [-0.3, -0.25) is 9.48 Å². The molecule has 23 heavy (non-hydrogen) atoms. The normalized spacial score (nSPS) is 12.2. The van der Waals surface area contributed by atoms with Crippen molar-refractivity contribution in [2.75, 3.05) is 6.54 Å². The predicted octanol–water partition coefficient (Wildman–Crippen LogP) is 3.50. The summed E-state index contributed by atoms with van der Waals surface area (Å²) in [5, 5.41) is 7.15. The zero-order valence-corrected chi connectivity index (χ0v) is 15.2. The highest BCUT2D eigenvalue weighted by molar-refractivity contribution is 9.10. The summed E-state index contributed by atoms with van der Waals surface area (Å²) in [7, 11) is 0. The quantitative estimate of drug-likeness (QED) is 0.800. The monoisotopic (exact) mass is 379 g/mol. The number of carbonyl (C=O) groups is 1. The maximum absolute atomic E-state index is 12.4. The van der Waals surface area contributed by atoms with Crippen LogP contribution in [0.5, 0.6) is 5.75 Å². The topological polar surface area (TPSA) is 56.1 Å². The molecule has 5 nitrogen and oxygen atoms in total. The number of aromatic nitrogens is 2. The number of carbonyl (C=O) groups excluding carboxylic acids is 1. The van der Waals surface area contributed by atoms with Crippen LogP contribution in [-0.2, 0) is 6.54 Å². The van der Waals surface area contributed by atoms with Gasteiger partial charge in [-0.15, -0.1) is 0 Å². The fraction of sp³-hybridized carbons (Fsp3) is 0.412. The largest absolute Gasteiger partial charge is 0.490 e. The Labute approximate surface area is 145 Å². The van der Waals surface area contributed by atoms with E-state index in [1.165, 1.54) is 0 Å². The first-order valence-corrected chi connectivity index (χ1v) is 8.47. The number of rotatable bonds is 7. The first-order chi connectivity index (χ1) is 11.0. The molecule has 1 atom stereocenters. The molecule has 2 aromatic rings. The van der Waals surface area contributed by atoms with Crippen molar-refractivity contribution in [3.05, 3.63) is 46.7 Å². The molecule has 6 heteroatoms. The number of halogens is 1. The van der Waals surface area contributed by atoms with Crippen LogP contribution in [0.25, 0.3) is 0 Å². The molecule has 1 amide bonds. The van der Waals surface area contributed by atoms with Crippen molar-refractivity contribution in [1.29, 1.82) is 0 Å². The van der Waals surface area contributed by atoms with Crippen LogP contribution < -0.4 is 10.1 Å². The maximum Gasteiger partial charge on any atom is 0.255 e. The van der Waals surface area contributed by atoms with E-state index >= 15 is 0 Å². The highest BCUT2D eigenvalue weighted by atomic mass is 79.9. The van der Waals surface area contributed by atoms with E-state index in [0.717, 1.165) is 11.0 Å². The van der Waals surface area contributed by atoms with Crippen molar-refractivity contribution >= 4 is 21.8 Å². The van der Waals surface area contributed by atoms with E-state index in [9.17, 15) is 4.79 Å². The summed E-state index contributed by atoms with van der Waals surface area (Å²) < 4.78 is 8.49. The number of benzene rings is 1. The molecule has 0 aliphatic rings. The molecule has 124 valence electrons. The zero-order valence-electron chi connectivity index (χ0n) is 13.6. The van der Waals surface area contributed by atoms with E-state index in [2.05, 4.69) is 33.3 Å². The van der Waals surface area contributed by atoms with Gasteiger partial charge < -0.3 is 10.1 Å². The lowest BCUT2D eigenvalue weighted by molar-refractivity contribution is 0.0940. The maximum atomic E-state index is 12.4. The van der Waals surface area contributed by atoms with Crippen LogP contribution in [0.3, 0.4) is 0 Å². The average Bonchev–Trinajstić information content (AvgIpc) is 2.97. The Bertz CT molecular complexity index is 641. The van der Waals surface area contributed by atoms with Crippen molar-refractivity contribution in [2.45, 2.75) is 33.4 Å². The summed E-state index contributed by atoms with van der Waals surface area (Å²) in [6, 6.07) is 7.33. The van der Waals surface area contributed by atoms with Crippen molar-refractivity contribution < 1.29 is 9.53 Å². The first kappa shape index (κ1) is 17.5. The van der Waals surface area contributed by atoms with Crippen LogP contribution in [0.15, 0.2) is 41.1 Å². The molecule has 0 radical (unpaired) electrons. The molecule has 0 fully saturated rings.